The van der Waals surface area contributed by atoms with Gasteiger partial charge in [-0.15, -0.1) is 0 Å². The first-order chi connectivity index (χ1) is 9.87. The fourth-order valence-electron chi connectivity index (χ4n) is 3.46. The Labute approximate surface area is 129 Å². The Morgan fingerprint density at radius 3 is 2.62 bits per heavy atom. The van der Waals surface area contributed by atoms with Gasteiger partial charge >= 0.3 is 5.97 Å². The first-order valence-corrected chi connectivity index (χ1v) is 8.29. The molecule has 122 valence electrons. The maximum atomic E-state index is 11.2. The van der Waals surface area contributed by atoms with Crippen molar-refractivity contribution < 1.29 is 14.6 Å². The molecule has 1 saturated carbocycles. The lowest BCUT2D eigenvalue weighted by atomic mass is 9.65. The second-order valence-electron chi connectivity index (χ2n) is 7.09. The third-order valence-corrected chi connectivity index (χ3v) is 5.65. The van der Waals surface area contributed by atoms with Crippen LogP contribution in [0.2, 0.25) is 0 Å². The standard InChI is InChI=1S/C18H32O3/c1-5-21-16(20)11-9-7-6-8-10-15-12-13-18(4,14-19)17(15,2)3/h7,9,15,19H,5-6,8,10-14H2,1-4H3/b9-7+/t15-,18?/m0/s1. The number of ether oxygens (including phenoxy) is 1. The molecule has 21 heavy (non-hydrogen) atoms. The zero-order chi connectivity index (χ0) is 15.9. The Morgan fingerprint density at radius 2 is 2.05 bits per heavy atom. The maximum Gasteiger partial charge on any atom is 0.309 e. The fraction of sp³-hybridized carbons (Fsp3) is 0.833. The molecule has 0 aromatic rings. The summed E-state index contributed by atoms with van der Waals surface area (Å²) in [6.45, 7) is 9.38. The highest BCUT2D eigenvalue weighted by molar-refractivity contribution is 5.71. The number of carbonyl (C=O) groups is 1. The molecule has 0 amide bonds. The highest BCUT2D eigenvalue weighted by Gasteiger charge is 2.50. The fourth-order valence-corrected chi connectivity index (χ4v) is 3.46. The van der Waals surface area contributed by atoms with Crippen molar-refractivity contribution in [3.05, 3.63) is 12.2 Å². The number of aliphatic hydroxyl groups is 1. The van der Waals surface area contributed by atoms with Crippen molar-refractivity contribution in [2.75, 3.05) is 13.2 Å². The Balaban J connectivity index is 2.28. The van der Waals surface area contributed by atoms with E-state index in [0.717, 1.165) is 19.3 Å². The monoisotopic (exact) mass is 296 g/mol. The number of aliphatic hydroxyl groups excluding tert-OH is 1. The normalized spacial score (nSPS) is 28.1. The predicted molar refractivity (Wildman–Crippen MR) is 85.9 cm³/mol. The van der Waals surface area contributed by atoms with E-state index in [-0.39, 0.29) is 23.4 Å². The van der Waals surface area contributed by atoms with Crippen molar-refractivity contribution in [2.45, 2.75) is 66.2 Å². The van der Waals surface area contributed by atoms with Gasteiger partial charge in [-0.1, -0.05) is 32.9 Å². The predicted octanol–water partition coefficient (Wildman–Crippen LogP) is 4.10. The molecule has 3 nitrogen and oxygen atoms in total. The molecular formula is C18H32O3. The molecule has 0 heterocycles. The van der Waals surface area contributed by atoms with Gasteiger partial charge in [-0.05, 0) is 55.8 Å². The van der Waals surface area contributed by atoms with E-state index in [1.54, 1.807) is 0 Å². The number of hydrogen-bond acceptors (Lipinski definition) is 3. The Kier molecular flexibility index (Phi) is 6.92. The second-order valence-corrected chi connectivity index (χ2v) is 7.09. The van der Waals surface area contributed by atoms with Gasteiger partial charge in [0.15, 0.2) is 0 Å². The molecular weight excluding hydrogens is 264 g/mol. The van der Waals surface area contributed by atoms with Crippen LogP contribution >= 0.6 is 0 Å². The second kappa shape index (κ2) is 7.98. The van der Waals surface area contributed by atoms with Gasteiger partial charge < -0.3 is 9.84 Å². The summed E-state index contributed by atoms with van der Waals surface area (Å²) in [4.78, 5) is 11.2. The Morgan fingerprint density at radius 1 is 1.33 bits per heavy atom. The van der Waals surface area contributed by atoms with E-state index in [1.165, 1.54) is 12.8 Å². The van der Waals surface area contributed by atoms with Gasteiger partial charge in [0, 0.05) is 6.61 Å². The van der Waals surface area contributed by atoms with Crippen LogP contribution < -0.4 is 0 Å². The molecule has 3 heteroatoms. The summed E-state index contributed by atoms with van der Waals surface area (Å²) in [5.41, 5.74) is 0.272. The summed E-state index contributed by atoms with van der Waals surface area (Å²) in [6.07, 6.45) is 10.1. The topological polar surface area (TPSA) is 46.5 Å². The summed E-state index contributed by atoms with van der Waals surface area (Å²) in [7, 11) is 0. The molecule has 1 aliphatic carbocycles. The summed E-state index contributed by atoms with van der Waals surface area (Å²) in [5.74, 6) is 0.539. The highest BCUT2D eigenvalue weighted by Crippen LogP contribution is 2.56. The van der Waals surface area contributed by atoms with E-state index in [2.05, 4.69) is 26.8 Å². The van der Waals surface area contributed by atoms with E-state index in [9.17, 15) is 9.90 Å². The van der Waals surface area contributed by atoms with Crippen LogP contribution in [0.5, 0.6) is 0 Å². The van der Waals surface area contributed by atoms with Gasteiger partial charge in [-0.3, -0.25) is 4.79 Å². The van der Waals surface area contributed by atoms with Crippen LogP contribution in [0.3, 0.4) is 0 Å². The molecule has 0 aliphatic heterocycles. The Hall–Kier alpha value is -0.830. The zero-order valence-corrected chi connectivity index (χ0v) is 14.2. The average molecular weight is 296 g/mol. The molecule has 0 aromatic carbocycles. The van der Waals surface area contributed by atoms with Gasteiger partial charge in [0.25, 0.3) is 0 Å². The van der Waals surface area contributed by atoms with Crippen LogP contribution in [0, 0.1) is 16.7 Å². The van der Waals surface area contributed by atoms with Crippen LogP contribution in [0.1, 0.15) is 66.2 Å². The number of esters is 1. The van der Waals surface area contributed by atoms with Crippen LogP contribution in [-0.2, 0) is 9.53 Å². The Bertz CT molecular complexity index is 359. The lowest BCUT2D eigenvalue weighted by molar-refractivity contribution is -0.142. The quantitative estimate of drug-likeness (QED) is 0.417. The van der Waals surface area contributed by atoms with Crippen LogP contribution in [-0.4, -0.2) is 24.3 Å². The first-order valence-electron chi connectivity index (χ1n) is 8.29. The SMILES string of the molecule is CCOC(=O)C/C=C/CCC[C@H]1CCC(C)(CO)C1(C)C. The van der Waals surface area contributed by atoms with Gasteiger partial charge in [0.1, 0.15) is 0 Å². The van der Waals surface area contributed by atoms with Crippen molar-refractivity contribution in [2.24, 2.45) is 16.7 Å². The third kappa shape index (κ3) is 4.57. The number of allylic oxidation sites excluding steroid dienone is 1. The molecule has 0 aromatic heterocycles. The minimum atomic E-state index is -0.149. The molecule has 1 rings (SSSR count). The number of unbranched alkanes of at least 4 members (excludes halogenated alkanes) is 1. The number of rotatable bonds is 8. The maximum absolute atomic E-state index is 11.2. The van der Waals surface area contributed by atoms with E-state index < -0.39 is 0 Å². The molecule has 2 atom stereocenters. The minimum absolute atomic E-state index is 0.0669. The molecule has 0 bridgehead atoms. The zero-order valence-electron chi connectivity index (χ0n) is 14.2. The smallest absolute Gasteiger partial charge is 0.309 e. The lowest BCUT2D eigenvalue weighted by Crippen LogP contribution is -2.37. The highest BCUT2D eigenvalue weighted by atomic mass is 16.5. The molecule has 0 spiro atoms. The summed E-state index contributed by atoms with van der Waals surface area (Å²) >= 11 is 0. The van der Waals surface area contributed by atoms with E-state index in [1.807, 2.05) is 13.0 Å². The van der Waals surface area contributed by atoms with E-state index >= 15 is 0 Å². The van der Waals surface area contributed by atoms with Crippen LogP contribution in [0.15, 0.2) is 12.2 Å². The van der Waals surface area contributed by atoms with Gasteiger partial charge in [0.2, 0.25) is 0 Å². The van der Waals surface area contributed by atoms with Crippen molar-refractivity contribution in [1.29, 1.82) is 0 Å². The van der Waals surface area contributed by atoms with Crippen LogP contribution in [0.25, 0.3) is 0 Å². The largest absolute Gasteiger partial charge is 0.466 e. The lowest BCUT2D eigenvalue weighted by Gasteiger charge is -2.40. The number of hydrogen-bond donors (Lipinski definition) is 1. The van der Waals surface area contributed by atoms with Crippen molar-refractivity contribution in [3.63, 3.8) is 0 Å². The van der Waals surface area contributed by atoms with E-state index in [4.69, 9.17) is 4.74 Å². The summed E-state index contributed by atoms with van der Waals surface area (Å²) in [6, 6.07) is 0. The molecule has 1 unspecified atom stereocenters. The first kappa shape index (κ1) is 18.2. The van der Waals surface area contributed by atoms with Gasteiger partial charge in [0.05, 0.1) is 13.0 Å². The van der Waals surface area contributed by atoms with Crippen molar-refractivity contribution >= 4 is 5.97 Å². The molecule has 1 N–H and O–H groups in total. The molecule has 1 aliphatic rings. The third-order valence-electron chi connectivity index (χ3n) is 5.65. The van der Waals surface area contributed by atoms with E-state index in [0.29, 0.717) is 18.9 Å². The molecule has 1 fully saturated rings. The number of carbonyl (C=O) groups excluding carboxylic acids is 1. The average Bonchev–Trinajstić information content (AvgIpc) is 2.66. The van der Waals surface area contributed by atoms with Crippen LogP contribution in [0.4, 0.5) is 0 Å². The van der Waals surface area contributed by atoms with Gasteiger partial charge in [-0.25, -0.2) is 0 Å². The molecule has 0 radical (unpaired) electrons. The van der Waals surface area contributed by atoms with Gasteiger partial charge in [-0.2, -0.15) is 0 Å². The summed E-state index contributed by atoms with van der Waals surface area (Å²) in [5, 5.41) is 9.66. The summed E-state index contributed by atoms with van der Waals surface area (Å²) < 4.78 is 4.88. The molecule has 0 saturated heterocycles. The van der Waals surface area contributed by atoms with Crippen molar-refractivity contribution in [3.8, 4) is 0 Å². The minimum Gasteiger partial charge on any atom is -0.466 e. The van der Waals surface area contributed by atoms with Crippen molar-refractivity contribution in [1.82, 2.24) is 0 Å².